The molecule has 0 spiro atoms. The molecule has 0 amide bonds. The van der Waals surface area contributed by atoms with E-state index >= 15 is 0 Å². The Kier molecular flexibility index (Phi) is 6.51. The number of hydrogen-bond donors (Lipinski definition) is 1. The maximum Gasteiger partial charge on any atom is 0.244 e. The molecule has 29 heavy (non-hydrogen) atoms. The second kappa shape index (κ2) is 8.73. The standard InChI is InChI=1S/C22H29NO5S/c1-16-13-20(27-4)21(14-17(16)2)29(24,25)23-15-22(9-11-28-12-10-22)18-7-5-6-8-19(18)26-3/h5-8,13-14,23H,9-12,15H2,1-4H3. The van der Waals surface area contributed by atoms with Crippen LogP contribution in [0.5, 0.6) is 11.5 Å². The molecule has 0 bridgehead atoms. The van der Waals surface area contributed by atoms with E-state index in [-0.39, 0.29) is 11.4 Å². The maximum absolute atomic E-state index is 13.2. The van der Waals surface area contributed by atoms with Crippen LogP contribution in [0.1, 0.15) is 29.5 Å². The molecule has 0 aromatic heterocycles. The molecule has 1 N–H and O–H groups in total. The van der Waals surface area contributed by atoms with Crippen molar-refractivity contribution in [1.82, 2.24) is 4.72 Å². The van der Waals surface area contributed by atoms with E-state index in [9.17, 15) is 8.42 Å². The molecule has 0 aliphatic carbocycles. The summed E-state index contributed by atoms with van der Waals surface area (Å²) >= 11 is 0. The van der Waals surface area contributed by atoms with Crippen LogP contribution in [0.15, 0.2) is 41.3 Å². The first kappa shape index (κ1) is 21.6. The largest absolute Gasteiger partial charge is 0.496 e. The predicted molar refractivity (Wildman–Crippen MR) is 112 cm³/mol. The SMILES string of the molecule is COc1ccccc1C1(CNS(=O)(=O)c2cc(C)c(C)cc2OC)CCOCC1. The van der Waals surface area contributed by atoms with Crippen molar-refractivity contribution < 1.29 is 22.6 Å². The molecule has 0 unspecified atom stereocenters. The Hall–Kier alpha value is -2.09. The van der Waals surface area contributed by atoms with Gasteiger partial charge in [0.15, 0.2) is 0 Å². The average Bonchev–Trinajstić information content (AvgIpc) is 2.74. The van der Waals surface area contributed by atoms with Gasteiger partial charge in [0.05, 0.1) is 14.2 Å². The van der Waals surface area contributed by atoms with Gasteiger partial charge in [-0.25, -0.2) is 13.1 Å². The van der Waals surface area contributed by atoms with Gasteiger partial charge in [0, 0.05) is 30.7 Å². The fourth-order valence-electron chi connectivity index (χ4n) is 3.83. The summed E-state index contributed by atoms with van der Waals surface area (Å²) in [5.41, 5.74) is 2.48. The number of nitrogens with one attached hydrogen (secondary N) is 1. The van der Waals surface area contributed by atoms with Gasteiger partial charge in [-0.3, -0.25) is 0 Å². The van der Waals surface area contributed by atoms with Gasteiger partial charge < -0.3 is 14.2 Å². The van der Waals surface area contributed by atoms with Crippen molar-refractivity contribution in [2.24, 2.45) is 0 Å². The molecular formula is C22H29NO5S. The van der Waals surface area contributed by atoms with Gasteiger partial charge in [-0.15, -0.1) is 0 Å². The highest BCUT2D eigenvalue weighted by Crippen LogP contribution is 2.40. The molecule has 6 nitrogen and oxygen atoms in total. The Balaban J connectivity index is 1.95. The first-order chi connectivity index (χ1) is 13.8. The molecular weight excluding hydrogens is 390 g/mol. The molecule has 2 aromatic rings. The van der Waals surface area contributed by atoms with E-state index in [1.54, 1.807) is 19.2 Å². The Labute approximate surface area is 173 Å². The third-order valence-electron chi connectivity index (χ3n) is 5.80. The van der Waals surface area contributed by atoms with Gasteiger partial charge in [-0.05, 0) is 56.0 Å². The summed E-state index contributed by atoms with van der Waals surface area (Å²) in [5.74, 6) is 1.11. The Morgan fingerprint density at radius 3 is 2.28 bits per heavy atom. The first-order valence-corrected chi connectivity index (χ1v) is 11.2. The molecule has 2 aromatic carbocycles. The zero-order valence-corrected chi connectivity index (χ0v) is 18.3. The lowest BCUT2D eigenvalue weighted by molar-refractivity contribution is 0.0509. The van der Waals surface area contributed by atoms with Gasteiger partial charge in [0.25, 0.3) is 0 Å². The summed E-state index contributed by atoms with van der Waals surface area (Å²) < 4.78 is 45.7. The molecule has 1 fully saturated rings. The normalized spacial score (nSPS) is 16.4. The lowest BCUT2D eigenvalue weighted by Gasteiger charge is -2.38. The number of para-hydroxylation sites is 1. The molecule has 0 saturated carbocycles. The first-order valence-electron chi connectivity index (χ1n) is 9.69. The minimum atomic E-state index is -3.76. The number of benzene rings is 2. The van der Waals surface area contributed by atoms with Crippen LogP contribution in [0.3, 0.4) is 0 Å². The zero-order valence-electron chi connectivity index (χ0n) is 17.4. The van der Waals surface area contributed by atoms with Gasteiger partial charge in [0.1, 0.15) is 16.4 Å². The topological polar surface area (TPSA) is 73.9 Å². The van der Waals surface area contributed by atoms with Crippen LogP contribution in [0.4, 0.5) is 0 Å². The highest BCUT2D eigenvalue weighted by Gasteiger charge is 2.38. The fourth-order valence-corrected chi connectivity index (χ4v) is 5.19. The molecule has 0 radical (unpaired) electrons. The predicted octanol–water partition coefficient (Wildman–Crippen LogP) is 3.35. The monoisotopic (exact) mass is 419 g/mol. The van der Waals surface area contributed by atoms with E-state index in [0.29, 0.717) is 31.8 Å². The molecule has 0 atom stereocenters. The van der Waals surface area contributed by atoms with E-state index < -0.39 is 15.4 Å². The Morgan fingerprint density at radius 1 is 1.00 bits per heavy atom. The van der Waals surface area contributed by atoms with Crippen LogP contribution >= 0.6 is 0 Å². The van der Waals surface area contributed by atoms with Crippen molar-refractivity contribution in [2.45, 2.75) is 37.0 Å². The van der Waals surface area contributed by atoms with Crippen LogP contribution in [-0.4, -0.2) is 42.4 Å². The molecule has 158 valence electrons. The molecule has 1 aliphatic heterocycles. The van der Waals surface area contributed by atoms with Crippen molar-refractivity contribution in [3.63, 3.8) is 0 Å². The molecule has 1 aliphatic rings. The number of rotatable bonds is 7. The van der Waals surface area contributed by atoms with Crippen molar-refractivity contribution in [3.05, 3.63) is 53.1 Å². The zero-order chi connectivity index (χ0) is 21.1. The number of sulfonamides is 1. The van der Waals surface area contributed by atoms with E-state index in [4.69, 9.17) is 14.2 Å². The number of methoxy groups -OCH3 is 2. The van der Waals surface area contributed by atoms with Gasteiger partial charge >= 0.3 is 0 Å². The van der Waals surface area contributed by atoms with Gasteiger partial charge in [-0.1, -0.05) is 18.2 Å². The average molecular weight is 420 g/mol. The quantitative estimate of drug-likeness (QED) is 0.745. The van der Waals surface area contributed by atoms with Crippen LogP contribution in [0.2, 0.25) is 0 Å². The van der Waals surface area contributed by atoms with Gasteiger partial charge in [-0.2, -0.15) is 0 Å². The number of ether oxygens (including phenoxy) is 3. The molecule has 1 heterocycles. The second-order valence-electron chi connectivity index (χ2n) is 7.50. The van der Waals surface area contributed by atoms with Crippen LogP contribution in [0.25, 0.3) is 0 Å². The van der Waals surface area contributed by atoms with Crippen LogP contribution < -0.4 is 14.2 Å². The molecule has 1 saturated heterocycles. The van der Waals surface area contributed by atoms with Gasteiger partial charge in [0.2, 0.25) is 10.0 Å². The summed E-state index contributed by atoms with van der Waals surface area (Å²) in [4.78, 5) is 0.158. The highest BCUT2D eigenvalue weighted by atomic mass is 32.2. The summed E-state index contributed by atoms with van der Waals surface area (Å²) in [6, 6.07) is 11.2. The molecule has 7 heteroatoms. The third-order valence-corrected chi connectivity index (χ3v) is 7.22. The molecule has 3 rings (SSSR count). The van der Waals surface area contributed by atoms with Crippen molar-refractivity contribution in [2.75, 3.05) is 34.0 Å². The number of hydrogen-bond acceptors (Lipinski definition) is 5. The minimum absolute atomic E-state index is 0.158. The Bertz CT molecular complexity index is 965. The van der Waals surface area contributed by atoms with E-state index in [1.807, 2.05) is 38.1 Å². The summed E-state index contributed by atoms with van der Waals surface area (Å²) in [6.45, 7) is 5.23. The van der Waals surface area contributed by atoms with Crippen LogP contribution in [0, 0.1) is 13.8 Å². The number of aryl methyl sites for hydroxylation is 2. The van der Waals surface area contributed by atoms with E-state index in [1.165, 1.54) is 7.11 Å². The van der Waals surface area contributed by atoms with Crippen molar-refractivity contribution >= 4 is 10.0 Å². The van der Waals surface area contributed by atoms with E-state index in [0.717, 1.165) is 22.4 Å². The Morgan fingerprint density at radius 2 is 1.62 bits per heavy atom. The lowest BCUT2D eigenvalue weighted by atomic mass is 9.74. The minimum Gasteiger partial charge on any atom is -0.496 e. The second-order valence-corrected chi connectivity index (χ2v) is 9.24. The summed E-state index contributed by atoms with van der Waals surface area (Å²) in [7, 11) is -0.645. The summed E-state index contributed by atoms with van der Waals surface area (Å²) in [6.07, 6.45) is 1.42. The maximum atomic E-state index is 13.2. The fraction of sp³-hybridized carbons (Fsp3) is 0.455. The highest BCUT2D eigenvalue weighted by molar-refractivity contribution is 7.89. The van der Waals surface area contributed by atoms with E-state index in [2.05, 4.69) is 4.72 Å². The van der Waals surface area contributed by atoms with Crippen molar-refractivity contribution in [3.8, 4) is 11.5 Å². The van der Waals surface area contributed by atoms with Crippen molar-refractivity contribution in [1.29, 1.82) is 0 Å². The lowest BCUT2D eigenvalue weighted by Crippen LogP contribution is -2.44. The van der Waals surface area contributed by atoms with Crippen LogP contribution in [-0.2, 0) is 20.2 Å². The summed E-state index contributed by atoms with van der Waals surface area (Å²) in [5, 5.41) is 0. The smallest absolute Gasteiger partial charge is 0.244 e. The third kappa shape index (κ3) is 4.42.